The van der Waals surface area contributed by atoms with Crippen molar-refractivity contribution < 1.29 is 9.13 Å². The average Bonchev–Trinajstić information content (AvgIpc) is 2.88. The van der Waals surface area contributed by atoms with Gasteiger partial charge in [0.1, 0.15) is 11.6 Å². The summed E-state index contributed by atoms with van der Waals surface area (Å²) in [5.74, 6) is 0.379. The maximum Gasteiger partial charge on any atom is 0.142 e. The molecule has 20 heavy (non-hydrogen) atoms. The van der Waals surface area contributed by atoms with E-state index in [1.165, 1.54) is 6.07 Å². The molecule has 1 nitrogen and oxygen atoms in total. The lowest BCUT2D eigenvalue weighted by molar-refractivity contribution is 0.354. The molecule has 0 aliphatic carbocycles. The van der Waals surface area contributed by atoms with E-state index in [2.05, 4.69) is 15.9 Å². The van der Waals surface area contributed by atoms with Crippen molar-refractivity contribution in [3.05, 3.63) is 62.9 Å². The predicted molar refractivity (Wildman–Crippen MR) is 82.8 cm³/mol. The molecule has 0 saturated heterocycles. The zero-order valence-electron chi connectivity index (χ0n) is 10.3. The van der Waals surface area contributed by atoms with Gasteiger partial charge in [0.2, 0.25) is 0 Å². The molecule has 0 aromatic heterocycles. The van der Waals surface area contributed by atoms with Gasteiger partial charge in [0.15, 0.2) is 0 Å². The van der Waals surface area contributed by atoms with E-state index in [4.69, 9.17) is 27.9 Å². The minimum absolute atomic E-state index is 0.112. The highest BCUT2D eigenvalue weighted by Gasteiger charge is 2.25. The second-order valence-electron chi connectivity index (χ2n) is 4.59. The highest BCUT2D eigenvalue weighted by atomic mass is 79.9. The highest BCUT2D eigenvalue weighted by molar-refractivity contribution is 9.09. The van der Waals surface area contributed by atoms with Crippen molar-refractivity contribution in [2.45, 2.75) is 11.2 Å². The van der Waals surface area contributed by atoms with E-state index in [0.717, 1.165) is 23.3 Å². The first-order valence-corrected chi connectivity index (χ1v) is 7.78. The number of ether oxygens (including phenoxy) is 1. The number of benzene rings is 2. The zero-order valence-corrected chi connectivity index (χ0v) is 13.4. The maximum absolute atomic E-state index is 13.6. The van der Waals surface area contributed by atoms with Crippen LogP contribution in [0.25, 0.3) is 0 Å². The van der Waals surface area contributed by atoms with Crippen LogP contribution in [0.1, 0.15) is 21.5 Å². The minimum atomic E-state index is -0.437. The van der Waals surface area contributed by atoms with Crippen molar-refractivity contribution in [1.29, 1.82) is 0 Å². The number of hydrogen-bond acceptors (Lipinski definition) is 1. The second-order valence-corrected chi connectivity index (χ2v) is 6.32. The van der Waals surface area contributed by atoms with Crippen molar-refractivity contribution in [2.75, 3.05) is 6.61 Å². The number of hydrogen-bond donors (Lipinski definition) is 0. The SMILES string of the molecule is Fc1cccc(C(Br)c2cc(Cl)cc3c2OCC3)c1Cl. The van der Waals surface area contributed by atoms with E-state index in [9.17, 15) is 4.39 Å². The first-order valence-electron chi connectivity index (χ1n) is 6.11. The highest BCUT2D eigenvalue weighted by Crippen LogP contribution is 2.44. The Bertz CT molecular complexity index is 675. The summed E-state index contributed by atoms with van der Waals surface area (Å²) in [7, 11) is 0. The molecule has 1 aliphatic heterocycles. The van der Waals surface area contributed by atoms with Gasteiger partial charge in [-0.05, 0) is 29.3 Å². The third-order valence-electron chi connectivity index (χ3n) is 3.30. The largest absolute Gasteiger partial charge is 0.493 e. The van der Waals surface area contributed by atoms with Gasteiger partial charge < -0.3 is 4.74 Å². The van der Waals surface area contributed by atoms with Gasteiger partial charge in [-0.2, -0.15) is 0 Å². The van der Waals surface area contributed by atoms with Crippen LogP contribution in [0.5, 0.6) is 5.75 Å². The van der Waals surface area contributed by atoms with E-state index in [0.29, 0.717) is 17.2 Å². The molecule has 0 N–H and O–H groups in total. The topological polar surface area (TPSA) is 9.23 Å². The fourth-order valence-electron chi connectivity index (χ4n) is 2.37. The minimum Gasteiger partial charge on any atom is -0.493 e. The normalized spacial score (nSPS) is 14.8. The van der Waals surface area contributed by atoms with Crippen molar-refractivity contribution in [3.63, 3.8) is 0 Å². The van der Waals surface area contributed by atoms with Gasteiger partial charge in [-0.25, -0.2) is 4.39 Å². The lowest BCUT2D eigenvalue weighted by atomic mass is 10.0. The molecule has 0 bridgehead atoms. The lowest BCUT2D eigenvalue weighted by Crippen LogP contribution is -1.99. The fraction of sp³-hybridized carbons (Fsp3) is 0.200. The summed E-state index contributed by atoms with van der Waals surface area (Å²) < 4.78 is 19.3. The number of rotatable bonds is 2. The summed E-state index contributed by atoms with van der Waals surface area (Å²) in [6.45, 7) is 0.638. The first-order chi connectivity index (χ1) is 9.58. The first kappa shape index (κ1) is 14.2. The molecule has 1 heterocycles. The van der Waals surface area contributed by atoms with E-state index in [-0.39, 0.29) is 9.85 Å². The quantitative estimate of drug-likeness (QED) is 0.625. The number of alkyl halides is 1. The third-order valence-corrected chi connectivity index (χ3v) is 4.91. The molecule has 2 aromatic rings. The van der Waals surface area contributed by atoms with Crippen molar-refractivity contribution in [1.82, 2.24) is 0 Å². The standard InChI is InChI=1S/C15H10BrCl2FO/c16-13(10-2-1-3-12(19)14(10)18)11-7-9(17)6-8-4-5-20-15(8)11/h1-3,6-7,13H,4-5H2. The third kappa shape index (κ3) is 2.43. The molecule has 0 saturated carbocycles. The molecule has 2 aromatic carbocycles. The molecule has 1 aliphatic rings. The van der Waals surface area contributed by atoms with Gasteiger partial charge in [-0.1, -0.05) is 51.3 Å². The van der Waals surface area contributed by atoms with Crippen LogP contribution >= 0.6 is 39.1 Å². The Hall–Kier alpha value is -0.770. The molecule has 1 unspecified atom stereocenters. The van der Waals surface area contributed by atoms with Gasteiger partial charge in [0, 0.05) is 17.0 Å². The van der Waals surface area contributed by atoms with Crippen LogP contribution in [0, 0.1) is 5.82 Å². The van der Waals surface area contributed by atoms with Crippen LogP contribution in [-0.4, -0.2) is 6.61 Å². The molecular formula is C15H10BrCl2FO. The van der Waals surface area contributed by atoms with E-state index < -0.39 is 5.82 Å². The molecule has 104 valence electrons. The van der Waals surface area contributed by atoms with Gasteiger partial charge in [-0.3, -0.25) is 0 Å². The Morgan fingerprint density at radius 1 is 1.20 bits per heavy atom. The summed E-state index contributed by atoms with van der Waals surface area (Å²) >= 11 is 15.8. The van der Waals surface area contributed by atoms with Crippen LogP contribution in [0.3, 0.4) is 0 Å². The van der Waals surface area contributed by atoms with E-state index >= 15 is 0 Å². The van der Waals surface area contributed by atoms with Gasteiger partial charge in [0.25, 0.3) is 0 Å². The summed E-state index contributed by atoms with van der Waals surface area (Å²) in [4.78, 5) is -0.267. The fourth-order valence-corrected chi connectivity index (χ4v) is 3.71. The summed E-state index contributed by atoms with van der Waals surface area (Å²) in [5, 5.41) is 0.752. The van der Waals surface area contributed by atoms with E-state index in [1.54, 1.807) is 12.1 Å². The maximum atomic E-state index is 13.6. The van der Waals surface area contributed by atoms with Gasteiger partial charge in [-0.15, -0.1) is 0 Å². The molecule has 5 heteroatoms. The van der Waals surface area contributed by atoms with Gasteiger partial charge in [0.05, 0.1) is 16.5 Å². The van der Waals surface area contributed by atoms with Crippen molar-refractivity contribution in [3.8, 4) is 5.75 Å². The number of fused-ring (bicyclic) bond motifs is 1. The predicted octanol–water partition coefficient (Wildman–Crippen LogP) is 5.55. The van der Waals surface area contributed by atoms with Crippen LogP contribution in [0.4, 0.5) is 4.39 Å². The second kappa shape index (κ2) is 5.55. The monoisotopic (exact) mass is 374 g/mol. The van der Waals surface area contributed by atoms with Crippen LogP contribution in [-0.2, 0) is 6.42 Å². The molecule has 0 radical (unpaired) electrons. The van der Waals surface area contributed by atoms with Crippen LogP contribution in [0.2, 0.25) is 10.0 Å². The Kier molecular flexibility index (Phi) is 3.93. The summed E-state index contributed by atoms with van der Waals surface area (Å²) in [5.41, 5.74) is 2.61. The van der Waals surface area contributed by atoms with Crippen LogP contribution < -0.4 is 4.74 Å². The van der Waals surface area contributed by atoms with Gasteiger partial charge >= 0.3 is 0 Å². The molecule has 0 amide bonds. The Labute approximate surface area is 134 Å². The Morgan fingerprint density at radius 3 is 2.80 bits per heavy atom. The zero-order chi connectivity index (χ0) is 14.3. The molecule has 1 atom stereocenters. The van der Waals surface area contributed by atoms with Crippen molar-refractivity contribution >= 4 is 39.1 Å². The lowest BCUT2D eigenvalue weighted by Gasteiger charge is -2.16. The summed E-state index contributed by atoms with van der Waals surface area (Å²) in [6, 6.07) is 8.49. The number of halogens is 4. The molecule has 0 fully saturated rings. The smallest absolute Gasteiger partial charge is 0.142 e. The van der Waals surface area contributed by atoms with Crippen molar-refractivity contribution in [2.24, 2.45) is 0 Å². The Balaban J connectivity index is 2.11. The Morgan fingerprint density at radius 2 is 2.00 bits per heavy atom. The van der Waals surface area contributed by atoms with E-state index in [1.807, 2.05) is 12.1 Å². The molecular weight excluding hydrogens is 366 g/mol. The summed E-state index contributed by atoms with van der Waals surface area (Å²) in [6.07, 6.45) is 0.833. The molecule has 0 spiro atoms. The molecule has 3 rings (SSSR count). The van der Waals surface area contributed by atoms with Crippen LogP contribution in [0.15, 0.2) is 30.3 Å². The average molecular weight is 376 g/mol.